The van der Waals surface area contributed by atoms with Crippen molar-refractivity contribution in [2.75, 3.05) is 14.2 Å². The molecule has 2 N–H and O–H groups in total. The van der Waals surface area contributed by atoms with Gasteiger partial charge >= 0.3 is 11.9 Å². The number of methoxy groups -OCH3 is 2. The quantitative estimate of drug-likeness (QED) is 0.584. The Hall–Kier alpha value is -2.90. The van der Waals surface area contributed by atoms with E-state index in [-0.39, 0.29) is 31.2 Å². The molecule has 0 heterocycles. The zero-order valence-electron chi connectivity index (χ0n) is 16.7. The highest BCUT2D eigenvalue weighted by Gasteiger charge is 2.27. The second-order valence-electron chi connectivity index (χ2n) is 6.50. The maximum atomic E-state index is 12.1. The van der Waals surface area contributed by atoms with Gasteiger partial charge in [-0.2, -0.15) is 0 Å². The van der Waals surface area contributed by atoms with Crippen LogP contribution >= 0.6 is 0 Å². The summed E-state index contributed by atoms with van der Waals surface area (Å²) < 4.78 is 9.30. The fourth-order valence-corrected chi connectivity index (χ4v) is 2.64. The molecule has 0 saturated carbocycles. The minimum absolute atomic E-state index is 0.0244. The summed E-state index contributed by atoms with van der Waals surface area (Å²) in [6.07, 6.45) is -0.0702. The molecule has 28 heavy (non-hydrogen) atoms. The molecule has 0 unspecified atom stereocenters. The molecule has 2 amide bonds. The zero-order valence-corrected chi connectivity index (χ0v) is 16.7. The van der Waals surface area contributed by atoms with E-state index in [0.717, 1.165) is 5.56 Å². The highest BCUT2D eigenvalue weighted by atomic mass is 16.5. The number of carbonyl (C=O) groups excluding carboxylic acids is 4. The van der Waals surface area contributed by atoms with Crippen molar-refractivity contribution in [3.05, 3.63) is 35.9 Å². The van der Waals surface area contributed by atoms with Gasteiger partial charge in [0, 0.05) is 12.8 Å². The van der Waals surface area contributed by atoms with Crippen molar-refractivity contribution < 1.29 is 28.7 Å². The van der Waals surface area contributed by atoms with Gasteiger partial charge in [-0.1, -0.05) is 37.3 Å². The average Bonchev–Trinajstić information content (AvgIpc) is 2.70. The van der Waals surface area contributed by atoms with E-state index in [0.29, 0.717) is 0 Å². The monoisotopic (exact) mass is 392 g/mol. The highest BCUT2D eigenvalue weighted by molar-refractivity contribution is 5.87. The van der Waals surface area contributed by atoms with Crippen LogP contribution < -0.4 is 10.6 Å². The summed E-state index contributed by atoms with van der Waals surface area (Å²) >= 11 is 0. The van der Waals surface area contributed by atoms with E-state index >= 15 is 0 Å². The van der Waals surface area contributed by atoms with E-state index < -0.39 is 29.8 Å². The lowest BCUT2D eigenvalue weighted by Crippen LogP contribution is -2.43. The molecule has 0 spiro atoms. The summed E-state index contributed by atoms with van der Waals surface area (Å²) in [5.41, 5.74) is 0.961. The Kier molecular flexibility index (Phi) is 9.70. The van der Waals surface area contributed by atoms with Crippen LogP contribution in [-0.4, -0.2) is 44.0 Å². The second kappa shape index (κ2) is 11.7. The van der Waals surface area contributed by atoms with Crippen molar-refractivity contribution in [2.24, 2.45) is 5.92 Å². The molecule has 1 rings (SSSR count). The van der Waals surface area contributed by atoms with E-state index in [1.807, 2.05) is 37.3 Å². The lowest BCUT2D eigenvalue weighted by atomic mass is 10.0. The second-order valence-corrected chi connectivity index (χ2v) is 6.50. The van der Waals surface area contributed by atoms with Gasteiger partial charge in [-0.15, -0.1) is 0 Å². The van der Waals surface area contributed by atoms with Crippen LogP contribution in [0.1, 0.15) is 44.7 Å². The summed E-state index contributed by atoms with van der Waals surface area (Å²) in [4.78, 5) is 47.6. The lowest BCUT2D eigenvalue weighted by molar-refractivity contribution is -0.148. The summed E-state index contributed by atoms with van der Waals surface area (Å²) in [7, 11) is 2.45. The van der Waals surface area contributed by atoms with Crippen LogP contribution in [0.4, 0.5) is 0 Å². The van der Waals surface area contributed by atoms with E-state index in [4.69, 9.17) is 0 Å². The zero-order chi connectivity index (χ0) is 21.1. The maximum Gasteiger partial charge on any atom is 0.328 e. The van der Waals surface area contributed by atoms with Gasteiger partial charge in [-0.25, -0.2) is 4.79 Å². The number of rotatable bonds is 10. The van der Waals surface area contributed by atoms with Crippen molar-refractivity contribution in [1.29, 1.82) is 0 Å². The standard InChI is InChI=1S/C20H28N2O6/c1-13(19(25)27-3)12-16(20(26)28-4)22-18(24)11-10-17(23)21-14(2)15-8-6-5-7-9-15/h5-9,13-14,16H,10-12H2,1-4H3,(H,21,23)(H,22,24)/t13-,14-,16+/m1/s1. The number of esters is 2. The molecular formula is C20H28N2O6. The van der Waals surface area contributed by atoms with Crippen molar-refractivity contribution in [1.82, 2.24) is 10.6 Å². The van der Waals surface area contributed by atoms with Crippen LogP contribution in [0.5, 0.6) is 0 Å². The van der Waals surface area contributed by atoms with E-state index in [2.05, 4.69) is 20.1 Å². The molecule has 0 bridgehead atoms. The van der Waals surface area contributed by atoms with Gasteiger partial charge in [0.1, 0.15) is 6.04 Å². The number of ether oxygens (including phenoxy) is 2. The van der Waals surface area contributed by atoms with Crippen molar-refractivity contribution in [3.63, 3.8) is 0 Å². The molecule has 0 aliphatic carbocycles. The van der Waals surface area contributed by atoms with Crippen LogP contribution in [0.2, 0.25) is 0 Å². The summed E-state index contributed by atoms with van der Waals surface area (Å²) in [6, 6.07) is 8.29. The SMILES string of the molecule is COC(=O)[C@H](C)C[C@H](NC(=O)CCC(=O)N[C@H](C)c1ccccc1)C(=O)OC. The Morgan fingerprint density at radius 2 is 1.39 bits per heavy atom. The van der Waals surface area contributed by atoms with Gasteiger partial charge in [-0.3, -0.25) is 14.4 Å². The van der Waals surface area contributed by atoms with Gasteiger partial charge in [0.25, 0.3) is 0 Å². The fraction of sp³-hybridized carbons (Fsp3) is 0.500. The minimum atomic E-state index is -0.988. The van der Waals surface area contributed by atoms with E-state index in [9.17, 15) is 19.2 Å². The molecule has 0 fully saturated rings. The lowest BCUT2D eigenvalue weighted by Gasteiger charge is -2.19. The van der Waals surface area contributed by atoms with E-state index in [1.54, 1.807) is 6.92 Å². The van der Waals surface area contributed by atoms with Gasteiger partial charge in [0.2, 0.25) is 11.8 Å². The molecule has 8 heteroatoms. The van der Waals surface area contributed by atoms with Gasteiger partial charge in [0.15, 0.2) is 0 Å². The number of hydrogen-bond donors (Lipinski definition) is 2. The third-order valence-electron chi connectivity index (χ3n) is 4.27. The first-order valence-corrected chi connectivity index (χ1v) is 9.07. The van der Waals surface area contributed by atoms with Gasteiger partial charge < -0.3 is 20.1 Å². The van der Waals surface area contributed by atoms with Crippen LogP contribution in [0.3, 0.4) is 0 Å². The topological polar surface area (TPSA) is 111 Å². The molecule has 0 radical (unpaired) electrons. The molecule has 154 valence electrons. The molecule has 1 aromatic carbocycles. The van der Waals surface area contributed by atoms with Crippen LogP contribution in [0.25, 0.3) is 0 Å². The first-order chi connectivity index (χ1) is 13.3. The summed E-state index contributed by atoms with van der Waals surface area (Å²) in [5.74, 6) is -2.49. The highest BCUT2D eigenvalue weighted by Crippen LogP contribution is 2.12. The molecule has 0 aliphatic heterocycles. The molecule has 8 nitrogen and oxygen atoms in total. The molecule has 0 aromatic heterocycles. The van der Waals surface area contributed by atoms with Crippen LogP contribution in [0.15, 0.2) is 30.3 Å². The van der Waals surface area contributed by atoms with Gasteiger partial charge in [0.05, 0.1) is 26.2 Å². The van der Waals surface area contributed by atoms with Crippen molar-refractivity contribution in [2.45, 2.75) is 45.2 Å². The van der Waals surface area contributed by atoms with Gasteiger partial charge in [-0.05, 0) is 18.9 Å². The Morgan fingerprint density at radius 3 is 1.93 bits per heavy atom. The molecular weight excluding hydrogens is 364 g/mol. The third-order valence-corrected chi connectivity index (χ3v) is 4.27. The summed E-state index contributed by atoms with van der Waals surface area (Å²) in [5, 5.41) is 5.34. The van der Waals surface area contributed by atoms with Crippen LogP contribution in [0, 0.1) is 5.92 Å². The van der Waals surface area contributed by atoms with Crippen LogP contribution in [-0.2, 0) is 28.7 Å². The van der Waals surface area contributed by atoms with E-state index in [1.165, 1.54) is 14.2 Å². The number of amides is 2. The Balaban J connectivity index is 2.51. The Labute approximate surface area is 165 Å². The third kappa shape index (κ3) is 7.77. The average molecular weight is 392 g/mol. The molecule has 0 saturated heterocycles. The molecule has 1 aromatic rings. The normalized spacial score (nSPS) is 13.6. The molecule has 0 aliphatic rings. The smallest absolute Gasteiger partial charge is 0.328 e. The predicted molar refractivity (Wildman–Crippen MR) is 102 cm³/mol. The Bertz CT molecular complexity index is 677. The first-order valence-electron chi connectivity index (χ1n) is 9.07. The largest absolute Gasteiger partial charge is 0.469 e. The van der Waals surface area contributed by atoms with Crippen molar-refractivity contribution >= 4 is 23.8 Å². The molecule has 3 atom stereocenters. The van der Waals surface area contributed by atoms with Crippen molar-refractivity contribution in [3.8, 4) is 0 Å². The number of hydrogen-bond acceptors (Lipinski definition) is 6. The number of carbonyl (C=O) groups is 4. The fourth-order valence-electron chi connectivity index (χ4n) is 2.64. The Morgan fingerprint density at radius 1 is 0.857 bits per heavy atom. The summed E-state index contributed by atoms with van der Waals surface area (Å²) in [6.45, 7) is 3.45. The number of nitrogens with one attached hydrogen (secondary N) is 2. The minimum Gasteiger partial charge on any atom is -0.469 e. The maximum absolute atomic E-state index is 12.1. The number of benzene rings is 1. The first kappa shape index (κ1) is 23.1. The predicted octanol–water partition coefficient (Wildman–Crippen LogP) is 1.50.